The molecule has 2 heterocycles. The van der Waals surface area contributed by atoms with E-state index in [1.54, 1.807) is 0 Å². The maximum absolute atomic E-state index is 5.82. The average Bonchev–Trinajstić information content (AvgIpc) is 2.96. The molecule has 3 rings (SSSR count). The third-order valence-corrected chi connectivity index (χ3v) is 3.57. The number of pyridine rings is 1. The molecule has 0 bridgehead atoms. The fourth-order valence-electron chi connectivity index (χ4n) is 2.51. The van der Waals surface area contributed by atoms with Gasteiger partial charge in [-0.3, -0.25) is 4.98 Å². The Balaban J connectivity index is 1.80. The van der Waals surface area contributed by atoms with Gasteiger partial charge in [-0.25, -0.2) is 0 Å². The lowest BCUT2D eigenvalue weighted by molar-refractivity contribution is 0.321. The van der Waals surface area contributed by atoms with Crippen molar-refractivity contribution in [1.29, 1.82) is 0 Å². The minimum Gasteiger partial charge on any atom is -0.493 e. The van der Waals surface area contributed by atoms with Crippen molar-refractivity contribution >= 4 is 10.9 Å². The van der Waals surface area contributed by atoms with Gasteiger partial charge in [0, 0.05) is 36.4 Å². The Morgan fingerprint density at radius 1 is 1.10 bits per heavy atom. The fourth-order valence-corrected chi connectivity index (χ4v) is 2.51. The number of aryl methyl sites for hydroxylation is 2. The smallest absolute Gasteiger partial charge is 0.128 e. The zero-order valence-corrected chi connectivity index (χ0v) is 12.3. The summed E-state index contributed by atoms with van der Waals surface area (Å²) >= 11 is 0. The summed E-state index contributed by atoms with van der Waals surface area (Å²) in [5, 5.41) is 1.19. The van der Waals surface area contributed by atoms with Crippen LogP contribution in [0.15, 0.2) is 54.9 Å². The van der Waals surface area contributed by atoms with Gasteiger partial charge in [-0.05, 0) is 36.8 Å². The van der Waals surface area contributed by atoms with E-state index in [0.717, 1.165) is 37.4 Å². The van der Waals surface area contributed by atoms with Crippen LogP contribution in [-0.4, -0.2) is 16.2 Å². The van der Waals surface area contributed by atoms with Crippen molar-refractivity contribution < 1.29 is 4.74 Å². The van der Waals surface area contributed by atoms with E-state index in [-0.39, 0.29) is 0 Å². The first-order valence-corrected chi connectivity index (χ1v) is 7.49. The van der Waals surface area contributed by atoms with E-state index in [1.807, 2.05) is 24.4 Å². The van der Waals surface area contributed by atoms with Crippen LogP contribution in [0.3, 0.4) is 0 Å². The number of nitrogens with zero attached hydrogens (tertiary/aromatic N) is 2. The molecule has 0 unspecified atom stereocenters. The topological polar surface area (TPSA) is 27.1 Å². The first-order chi connectivity index (χ1) is 10.4. The van der Waals surface area contributed by atoms with Gasteiger partial charge in [-0.2, -0.15) is 0 Å². The van der Waals surface area contributed by atoms with Crippen LogP contribution in [0.5, 0.6) is 5.75 Å². The molecule has 1 aromatic carbocycles. The summed E-state index contributed by atoms with van der Waals surface area (Å²) in [5.41, 5.74) is 2.34. The molecule has 0 aliphatic rings. The molecule has 21 heavy (non-hydrogen) atoms. The normalized spacial score (nSPS) is 10.9. The highest BCUT2D eigenvalue weighted by Crippen LogP contribution is 2.26. The predicted molar refractivity (Wildman–Crippen MR) is 85.7 cm³/mol. The third kappa shape index (κ3) is 3.07. The van der Waals surface area contributed by atoms with Crippen LogP contribution in [0.4, 0.5) is 0 Å². The molecule has 3 heteroatoms. The van der Waals surface area contributed by atoms with E-state index in [1.165, 1.54) is 10.9 Å². The summed E-state index contributed by atoms with van der Waals surface area (Å²) in [6.07, 6.45) is 5.94. The first-order valence-electron chi connectivity index (χ1n) is 7.49. The highest BCUT2D eigenvalue weighted by molar-refractivity contribution is 5.86. The van der Waals surface area contributed by atoms with Gasteiger partial charge in [0.15, 0.2) is 0 Å². The average molecular weight is 280 g/mol. The SMILES string of the molecule is CCCOc1cccc2c1ccn2CCc1ccccn1. The molecule has 0 atom stereocenters. The van der Waals surface area contributed by atoms with E-state index >= 15 is 0 Å². The molecule has 0 aliphatic heterocycles. The number of hydrogen-bond acceptors (Lipinski definition) is 2. The number of aromatic nitrogens is 2. The van der Waals surface area contributed by atoms with E-state index in [2.05, 4.69) is 46.9 Å². The maximum atomic E-state index is 5.82. The van der Waals surface area contributed by atoms with Gasteiger partial charge in [0.25, 0.3) is 0 Å². The van der Waals surface area contributed by atoms with Gasteiger partial charge in [0.05, 0.1) is 12.1 Å². The lowest BCUT2D eigenvalue weighted by Gasteiger charge is -2.08. The predicted octanol–water partition coefficient (Wildman–Crippen LogP) is 4.07. The quantitative estimate of drug-likeness (QED) is 0.680. The Labute approximate surface area is 125 Å². The molecular formula is C18H20N2O. The Morgan fingerprint density at radius 2 is 2.05 bits per heavy atom. The van der Waals surface area contributed by atoms with Crippen LogP contribution < -0.4 is 4.74 Å². The fraction of sp³-hybridized carbons (Fsp3) is 0.278. The molecule has 0 aliphatic carbocycles. The second-order valence-electron chi connectivity index (χ2n) is 5.12. The van der Waals surface area contributed by atoms with Gasteiger partial charge in [0.2, 0.25) is 0 Å². The molecular weight excluding hydrogens is 260 g/mol. The molecule has 0 spiro atoms. The van der Waals surface area contributed by atoms with Crippen LogP contribution >= 0.6 is 0 Å². The second-order valence-corrected chi connectivity index (χ2v) is 5.12. The van der Waals surface area contributed by atoms with Gasteiger partial charge < -0.3 is 9.30 Å². The number of benzene rings is 1. The van der Waals surface area contributed by atoms with Crippen LogP contribution in [0.1, 0.15) is 19.0 Å². The standard InChI is InChI=1S/C18H20N2O/c1-2-14-21-18-8-5-7-17-16(18)10-13-20(17)12-9-15-6-3-4-11-19-15/h3-8,10-11,13H,2,9,12,14H2,1H3. The van der Waals surface area contributed by atoms with E-state index < -0.39 is 0 Å². The molecule has 0 amide bonds. The zero-order chi connectivity index (χ0) is 14.5. The molecule has 0 radical (unpaired) electrons. The first kappa shape index (κ1) is 13.7. The summed E-state index contributed by atoms with van der Waals surface area (Å²) in [6.45, 7) is 3.81. The zero-order valence-electron chi connectivity index (χ0n) is 12.3. The lowest BCUT2D eigenvalue weighted by Crippen LogP contribution is -2.01. The largest absolute Gasteiger partial charge is 0.493 e. The molecule has 0 saturated carbocycles. The van der Waals surface area contributed by atoms with Gasteiger partial charge >= 0.3 is 0 Å². The monoisotopic (exact) mass is 280 g/mol. The highest BCUT2D eigenvalue weighted by atomic mass is 16.5. The number of ether oxygens (including phenoxy) is 1. The summed E-state index contributed by atoms with van der Waals surface area (Å²) in [6, 6.07) is 14.4. The third-order valence-electron chi connectivity index (χ3n) is 3.57. The Bertz CT molecular complexity index is 704. The van der Waals surface area contributed by atoms with Crippen molar-refractivity contribution in [1.82, 2.24) is 9.55 Å². The number of hydrogen-bond donors (Lipinski definition) is 0. The van der Waals surface area contributed by atoms with Crippen molar-refractivity contribution in [2.24, 2.45) is 0 Å². The summed E-state index contributed by atoms with van der Waals surface area (Å²) in [5.74, 6) is 0.978. The molecule has 0 fully saturated rings. The highest BCUT2D eigenvalue weighted by Gasteiger charge is 2.06. The van der Waals surface area contributed by atoms with Crippen molar-refractivity contribution in [3.05, 3.63) is 60.6 Å². The van der Waals surface area contributed by atoms with Crippen LogP contribution in [0.2, 0.25) is 0 Å². The van der Waals surface area contributed by atoms with E-state index in [4.69, 9.17) is 4.74 Å². The van der Waals surface area contributed by atoms with E-state index in [9.17, 15) is 0 Å². The van der Waals surface area contributed by atoms with Crippen molar-refractivity contribution in [3.8, 4) is 5.75 Å². The molecule has 0 saturated heterocycles. The van der Waals surface area contributed by atoms with E-state index in [0.29, 0.717) is 0 Å². The minimum absolute atomic E-state index is 0.762. The maximum Gasteiger partial charge on any atom is 0.128 e. The van der Waals surface area contributed by atoms with Crippen LogP contribution in [0.25, 0.3) is 10.9 Å². The Kier molecular flexibility index (Phi) is 4.20. The van der Waals surface area contributed by atoms with Gasteiger partial charge in [0.1, 0.15) is 5.75 Å². The Hall–Kier alpha value is -2.29. The molecule has 3 nitrogen and oxygen atoms in total. The number of rotatable bonds is 6. The second kappa shape index (κ2) is 6.44. The van der Waals surface area contributed by atoms with Gasteiger partial charge in [-0.1, -0.05) is 19.1 Å². The summed E-state index contributed by atoms with van der Waals surface area (Å²) < 4.78 is 8.09. The number of fused-ring (bicyclic) bond motifs is 1. The molecule has 108 valence electrons. The minimum atomic E-state index is 0.762. The summed E-state index contributed by atoms with van der Waals surface area (Å²) in [4.78, 5) is 4.38. The van der Waals surface area contributed by atoms with Crippen LogP contribution in [0, 0.1) is 0 Å². The van der Waals surface area contributed by atoms with Crippen molar-refractivity contribution in [2.75, 3.05) is 6.61 Å². The van der Waals surface area contributed by atoms with Crippen LogP contribution in [-0.2, 0) is 13.0 Å². The Morgan fingerprint density at radius 3 is 2.86 bits per heavy atom. The summed E-state index contributed by atoms with van der Waals surface area (Å²) in [7, 11) is 0. The van der Waals surface area contributed by atoms with Gasteiger partial charge in [-0.15, -0.1) is 0 Å². The molecule has 0 N–H and O–H groups in total. The van der Waals surface area contributed by atoms with Crippen molar-refractivity contribution in [2.45, 2.75) is 26.3 Å². The lowest BCUT2D eigenvalue weighted by atomic mass is 10.2. The van der Waals surface area contributed by atoms with Crippen molar-refractivity contribution in [3.63, 3.8) is 0 Å². The molecule has 2 aromatic heterocycles. The molecule has 3 aromatic rings.